The van der Waals surface area contributed by atoms with Crippen molar-refractivity contribution in [2.45, 2.75) is 0 Å². The molecule has 1 aliphatic rings. The summed E-state index contributed by atoms with van der Waals surface area (Å²) < 4.78 is 24.6. The summed E-state index contributed by atoms with van der Waals surface area (Å²) in [7, 11) is -3.28. The van der Waals surface area contributed by atoms with Crippen LogP contribution in [0.15, 0.2) is 48.5 Å². The molecule has 1 aliphatic heterocycles. The van der Waals surface area contributed by atoms with Crippen LogP contribution in [0.1, 0.15) is 20.7 Å². The Morgan fingerprint density at radius 3 is 1.85 bits per heavy atom. The second kappa shape index (κ2) is 7.50. The Hall–Kier alpha value is -2.71. The number of nitrogens with zero attached hydrogens (tertiary/aromatic N) is 2. The molecule has 0 bridgehead atoms. The lowest BCUT2D eigenvalue weighted by Crippen LogP contribution is -2.50. The predicted molar refractivity (Wildman–Crippen MR) is 101 cm³/mol. The average Bonchev–Trinajstić information content (AvgIpc) is 2.67. The minimum absolute atomic E-state index is 0.125. The van der Waals surface area contributed by atoms with Gasteiger partial charge in [-0.1, -0.05) is 36.4 Å². The highest BCUT2D eigenvalue weighted by atomic mass is 32.2. The lowest BCUT2D eigenvalue weighted by Gasteiger charge is -2.33. The molecule has 8 heteroatoms. The summed E-state index contributed by atoms with van der Waals surface area (Å²) in [6, 6.07) is 13.4. The van der Waals surface area contributed by atoms with E-state index < -0.39 is 16.0 Å². The summed E-state index contributed by atoms with van der Waals surface area (Å²) in [5.74, 6) is -1.30. The van der Waals surface area contributed by atoms with Gasteiger partial charge in [0, 0.05) is 31.7 Å². The molecule has 142 valence electrons. The van der Waals surface area contributed by atoms with Crippen LogP contribution in [0.3, 0.4) is 0 Å². The maximum absolute atomic E-state index is 13.0. The van der Waals surface area contributed by atoms with Crippen molar-refractivity contribution in [2.24, 2.45) is 0 Å². The number of rotatable bonds is 4. The minimum atomic E-state index is -3.28. The first kappa shape index (κ1) is 19.1. The van der Waals surface area contributed by atoms with Crippen LogP contribution < -0.4 is 0 Å². The van der Waals surface area contributed by atoms with E-state index >= 15 is 0 Å². The summed E-state index contributed by atoms with van der Waals surface area (Å²) in [5, 5.41) is 9.45. The number of aromatic carboxylic acids is 1. The van der Waals surface area contributed by atoms with Gasteiger partial charge in [0.25, 0.3) is 5.91 Å². The third kappa shape index (κ3) is 4.01. The molecule has 0 radical (unpaired) electrons. The Balaban J connectivity index is 1.92. The average molecular weight is 388 g/mol. The van der Waals surface area contributed by atoms with Gasteiger partial charge in [0.2, 0.25) is 10.0 Å². The normalized spacial score (nSPS) is 15.5. The summed E-state index contributed by atoms with van der Waals surface area (Å²) >= 11 is 0. The van der Waals surface area contributed by atoms with Crippen LogP contribution in [0, 0.1) is 0 Å². The zero-order valence-corrected chi connectivity index (χ0v) is 15.6. The van der Waals surface area contributed by atoms with E-state index in [1.54, 1.807) is 47.4 Å². The summed E-state index contributed by atoms with van der Waals surface area (Å²) in [4.78, 5) is 26.2. The van der Waals surface area contributed by atoms with Crippen molar-refractivity contribution in [3.63, 3.8) is 0 Å². The molecule has 3 rings (SSSR count). The highest BCUT2D eigenvalue weighted by Gasteiger charge is 2.28. The fourth-order valence-corrected chi connectivity index (χ4v) is 4.03. The standard InChI is InChI=1S/C19H20N2O5S/c1-27(25,26)21-12-10-20(11-13-21)18(22)16-8-4-2-6-14(16)15-7-3-5-9-17(15)19(23)24/h2-9H,10-13H2,1H3,(H,23,24). The van der Waals surface area contributed by atoms with Crippen molar-refractivity contribution in [3.8, 4) is 11.1 Å². The largest absolute Gasteiger partial charge is 0.478 e. The van der Waals surface area contributed by atoms with Crippen LogP contribution >= 0.6 is 0 Å². The van der Waals surface area contributed by atoms with Gasteiger partial charge in [0.05, 0.1) is 11.8 Å². The topological polar surface area (TPSA) is 95.0 Å². The van der Waals surface area contributed by atoms with Crippen LogP contribution in [0.25, 0.3) is 11.1 Å². The van der Waals surface area contributed by atoms with Gasteiger partial charge < -0.3 is 10.0 Å². The number of hydrogen-bond donors (Lipinski definition) is 1. The van der Waals surface area contributed by atoms with Gasteiger partial charge in [-0.2, -0.15) is 4.31 Å². The van der Waals surface area contributed by atoms with E-state index in [0.29, 0.717) is 29.8 Å². The number of carboxylic acid groups (broad SMARTS) is 1. The highest BCUT2D eigenvalue weighted by molar-refractivity contribution is 7.88. The predicted octanol–water partition coefficient (Wildman–Crippen LogP) is 1.77. The van der Waals surface area contributed by atoms with E-state index in [2.05, 4.69) is 0 Å². The van der Waals surface area contributed by atoms with Crippen LogP contribution in [-0.2, 0) is 10.0 Å². The first-order chi connectivity index (χ1) is 12.8. The van der Waals surface area contributed by atoms with Crippen LogP contribution in [0.2, 0.25) is 0 Å². The van der Waals surface area contributed by atoms with Gasteiger partial charge in [-0.25, -0.2) is 13.2 Å². The number of carbonyl (C=O) groups is 2. The quantitative estimate of drug-likeness (QED) is 0.861. The van der Waals surface area contributed by atoms with Gasteiger partial charge in [-0.05, 0) is 23.3 Å². The Morgan fingerprint density at radius 1 is 0.852 bits per heavy atom. The van der Waals surface area contributed by atoms with Crippen molar-refractivity contribution in [1.82, 2.24) is 9.21 Å². The van der Waals surface area contributed by atoms with Gasteiger partial charge in [-0.3, -0.25) is 4.79 Å². The van der Waals surface area contributed by atoms with E-state index in [9.17, 15) is 23.1 Å². The van der Waals surface area contributed by atoms with Gasteiger partial charge >= 0.3 is 5.97 Å². The zero-order chi connectivity index (χ0) is 19.6. The van der Waals surface area contributed by atoms with Crippen molar-refractivity contribution in [3.05, 3.63) is 59.7 Å². The van der Waals surface area contributed by atoms with Crippen LogP contribution in [-0.4, -0.2) is 67.0 Å². The summed E-state index contributed by atoms with van der Waals surface area (Å²) in [6.07, 6.45) is 1.16. The fourth-order valence-electron chi connectivity index (χ4n) is 3.20. The van der Waals surface area contributed by atoms with Gasteiger partial charge in [0.15, 0.2) is 0 Å². The van der Waals surface area contributed by atoms with Crippen LogP contribution in [0.4, 0.5) is 0 Å². The van der Waals surface area contributed by atoms with Crippen molar-refractivity contribution < 1.29 is 23.1 Å². The number of hydrogen-bond acceptors (Lipinski definition) is 4. The van der Waals surface area contributed by atoms with E-state index in [-0.39, 0.29) is 24.6 Å². The van der Waals surface area contributed by atoms with Gasteiger partial charge in [0.1, 0.15) is 0 Å². The smallest absolute Gasteiger partial charge is 0.336 e. The van der Waals surface area contributed by atoms with Gasteiger partial charge in [-0.15, -0.1) is 0 Å². The molecule has 0 unspecified atom stereocenters. The first-order valence-electron chi connectivity index (χ1n) is 8.45. The van der Waals surface area contributed by atoms with E-state index in [4.69, 9.17) is 0 Å². The minimum Gasteiger partial charge on any atom is -0.478 e. The lowest BCUT2D eigenvalue weighted by molar-refractivity contribution is 0.0687. The molecule has 1 fully saturated rings. The Morgan fingerprint density at radius 2 is 1.33 bits per heavy atom. The molecule has 2 aromatic rings. The molecule has 0 aromatic heterocycles. The molecule has 2 aromatic carbocycles. The van der Waals surface area contributed by atoms with Crippen molar-refractivity contribution >= 4 is 21.9 Å². The molecule has 1 N–H and O–H groups in total. The van der Waals surface area contributed by atoms with Crippen LogP contribution in [0.5, 0.6) is 0 Å². The second-order valence-corrected chi connectivity index (χ2v) is 8.33. The lowest BCUT2D eigenvalue weighted by atomic mass is 9.94. The van der Waals surface area contributed by atoms with Crippen molar-refractivity contribution in [2.75, 3.05) is 32.4 Å². The maximum atomic E-state index is 13.0. The molecule has 0 spiro atoms. The monoisotopic (exact) mass is 388 g/mol. The Labute approximate surface area is 157 Å². The molecule has 27 heavy (non-hydrogen) atoms. The van der Waals surface area contributed by atoms with Crippen molar-refractivity contribution in [1.29, 1.82) is 0 Å². The summed E-state index contributed by atoms with van der Waals surface area (Å²) in [6.45, 7) is 1.08. The summed E-state index contributed by atoms with van der Waals surface area (Å²) in [5.41, 5.74) is 1.55. The molecule has 0 aliphatic carbocycles. The molecular formula is C19H20N2O5S. The molecule has 1 saturated heterocycles. The number of benzene rings is 2. The first-order valence-corrected chi connectivity index (χ1v) is 10.3. The second-order valence-electron chi connectivity index (χ2n) is 6.35. The number of carboxylic acids is 1. The third-order valence-electron chi connectivity index (χ3n) is 4.60. The SMILES string of the molecule is CS(=O)(=O)N1CCN(C(=O)c2ccccc2-c2ccccc2C(=O)O)CC1. The molecule has 1 amide bonds. The number of piperazine rings is 1. The molecule has 7 nitrogen and oxygen atoms in total. The Kier molecular flexibility index (Phi) is 5.29. The zero-order valence-electron chi connectivity index (χ0n) is 14.8. The molecule has 1 heterocycles. The van der Waals surface area contributed by atoms with E-state index in [1.165, 1.54) is 10.4 Å². The number of carbonyl (C=O) groups excluding carboxylic acids is 1. The maximum Gasteiger partial charge on any atom is 0.336 e. The molecule has 0 saturated carbocycles. The number of sulfonamides is 1. The highest BCUT2D eigenvalue weighted by Crippen LogP contribution is 2.28. The third-order valence-corrected chi connectivity index (χ3v) is 5.90. The molecule has 0 atom stereocenters. The molecular weight excluding hydrogens is 368 g/mol. The number of amides is 1. The fraction of sp³-hybridized carbons (Fsp3) is 0.263. The van der Waals surface area contributed by atoms with E-state index in [1.807, 2.05) is 0 Å². The Bertz CT molecular complexity index is 979. The van der Waals surface area contributed by atoms with E-state index in [0.717, 1.165) is 6.26 Å².